The van der Waals surface area contributed by atoms with E-state index in [4.69, 9.17) is 0 Å². The van der Waals surface area contributed by atoms with Gasteiger partial charge in [0.25, 0.3) is 0 Å². The maximum atomic E-state index is 10.2. The van der Waals surface area contributed by atoms with Crippen molar-refractivity contribution >= 4 is 28.7 Å². The number of hydrogen-bond donors (Lipinski definition) is 0. The third kappa shape index (κ3) is 1.67. The van der Waals surface area contributed by atoms with Gasteiger partial charge in [-0.1, -0.05) is 12.1 Å². The first kappa shape index (κ1) is 8.91. The molecule has 0 N–H and O–H groups in total. The Morgan fingerprint density at radius 3 is 2.38 bits per heavy atom. The zero-order valence-electron chi connectivity index (χ0n) is 6.96. The topological polar surface area (TPSA) is 29.4 Å². The van der Waals surface area contributed by atoms with Gasteiger partial charge in [0.1, 0.15) is 0 Å². The minimum absolute atomic E-state index is 0.216. The van der Waals surface area contributed by atoms with E-state index in [9.17, 15) is 4.79 Å². The third-order valence-corrected chi connectivity index (χ3v) is 3.08. The highest BCUT2D eigenvalue weighted by molar-refractivity contribution is 14.1. The van der Waals surface area contributed by atoms with E-state index in [0.717, 1.165) is 18.4 Å². The van der Waals surface area contributed by atoms with Gasteiger partial charge in [0.15, 0.2) is 0 Å². The van der Waals surface area contributed by atoms with Gasteiger partial charge in [-0.3, -0.25) is 0 Å². The fraction of sp³-hybridized carbons (Fsp3) is 0.300. The van der Waals surface area contributed by atoms with E-state index in [1.165, 1.54) is 3.57 Å². The van der Waals surface area contributed by atoms with E-state index < -0.39 is 0 Å². The van der Waals surface area contributed by atoms with Gasteiger partial charge in [0, 0.05) is 3.57 Å². The number of hydrogen-bond acceptors (Lipinski definition) is 2. The van der Waals surface area contributed by atoms with Gasteiger partial charge < -0.3 is 0 Å². The fourth-order valence-corrected chi connectivity index (χ4v) is 1.79. The molecular weight excluding hydrogens is 277 g/mol. The first-order valence-electron chi connectivity index (χ1n) is 4.12. The van der Waals surface area contributed by atoms with Crippen molar-refractivity contribution in [3.8, 4) is 0 Å². The van der Waals surface area contributed by atoms with Crippen LogP contribution >= 0.6 is 22.6 Å². The summed E-state index contributed by atoms with van der Waals surface area (Å²) in [5.41, 5.74) is 0.919. The molecule has 0 amide bonds. The summed E-state index contributed by atoms with van der Waals surface area (Å²) in [5, 5.41) is 0. The highest BCUT2D eigenvalue weighted by Crippen LogP contribution is 2.49. The first-order valence-corrected chi connectivity index (χ1v) is 5.20. The second-order valence-electron chi connectivity index (χ2n) is 3.24. The molecule has 3 heteroatoms. The Morgan fingerprint density at radius 2 is 1.92 bits per heavy atom. The van der Waals surface area contributed by atoms with Crippen molar-refractivity contribution in [2.75, 3.05) is 0 Å². The lowest BCUT2D eigenvalue weighted by Gasteiger charge is -2.06. The van der Waals surface area contributed by atoms with E-state index >= 15 is 0 Å². The van der Waals surface area contributed by atoms with Crippen molar-refractivity contribution in [2.45, 2.75) is 18.4 Å². The van der Waals surface area contributed by atoms with Gasteiger partial charge >= 0.3 is 0 Å². The lowest BCUT2D eigenvalue weighted by atomic mass is 10.1. The summed E-state index contributed by atoms with van der Waals surface area (Å²) >= 11 is 2.26. The van der Waals surface area contributed by atoms with Crippen LogP contribution in [0.3, 0.4) is 0 Å². The molecule has 2 nitrogen and oxygen atoms in total. The Labute approximate surface area is 90.2 Å². The minimum atomic E-state index is -0.216. The molecule has 1 aromatic rings. The summed E-state index contributed by atoms with van der Waals surface area (Å²) in [7, 11) is 0. The van der Waals surface area contributed by atoms with Crippen LogP contribution < -0.4 is 0 Å². The van der Waals surface area contributed by atoms with Gasteiger partial charge in [-0.15, -0.1) is 0 Å². The molecule has 1 aliphatic carbocycles. The molecule has 0 unspecified atom stereocenters. The molecule has 0 spiro atoms. The molecular formula is C10H8INO. The van der Waals surface area contributed by atoms with Gasteiger partial charge in [0.2, 0.25) is 6.08 Å². The monoisotopic (exact) mass is 285 g/mol. The number of rotatable bonds is 2. The van der Waals surface area contributed by atoms with Crippen LogP contribution in [-0.2, 0) is 10.3 Å². The molecule has 0 aliphatic heterocycles. The van der Waals surface area contributed by atoms with Crippen LogP contribution in [0.4, 0.5) is 0 Å². The van der Waals surface area contributed by atoms with Crippen LogP contribution in [0.1, 0.15) is 18.4 Å². The Balaban J connectivity index is 2.35. The van der Waals surface area contributed by atoms with Crippen LogP contribution in [0, 0.1) is 3.57 Å². The zero-order chi connectivity index (χ0) is 9.31. The van der Waals surface area contributed by atoms with Crippen molar-refractivity contribution in [3.63, 3.8) is 0 Å². The molecule has 2 rings (SSSR count). The molecule has 0 saturated heterocycles. The molecule has 1 aromatic carbocycles. The highest BCUT2D eigenvalue weighted by atomic mass is 127. The summed E-state index contributed by atoms with van der Waals surface area (Å²) < 4.78 is 1.20. The number of aliphatic imine (C=N–C) groups is 1. The van der Waals surface area contributed by atoms with Crippen molar-refractivity contribution in [1.29, 1.82) is 0 Å². The fourth-order valence-electron chi connectivity index (χ4n) is 1.43. The van der Waals surface area contributed by atoms with Gasteiger partial charge in [0.05, 0.1) is 5.54 Å². The van der Waals surface area contributed by atoms with E-state index in [1.54, 1.807) is 6.08 Å². The molecule has 0 atom stereocenters. The second kappa shape index (κ2) is 3.24. The van der Waals surface area contributed by atoms with Crippen LogP contribution in [0.25, 0.3) is 0 Å². The Bertz CT molecular complexity index is 361. The Morgan fingerprint density at radius 1 is 1.31 bits per heavy atom. The van der Waals surface area contributed by atoms with Crippen molar-refractivity contribution in [1.82, 2.24) is 0 Å². The number of isocyanates is 1. The lowest BCUT2D eigenvalue weighted by molar-refractivity contribution is 0.556. The maximum absolute atomic E-state index is 10.2. The van der Waals surface area contributed by atoms with E-state index in [0.29, 0.717) is 0 Å². The maximum Gasteiger partial charge on any atom is 0.235 e. The third-order valence-electron chi connectivity index (χ3n) is 2.36. The van der Waals surface area contributed by atoms with E-state index in [1.807, 2.05) is 24.3 Å². The predicted molar refractivity (Wildman–Crippen MR) is 58.2 cm³/mol. The number of nitrogens with zero attached hydrogens (tertiary/aromatic N) is 1. The Kier molecular flexibility index (Phi) is 2.22. The summed E-state index contributed by atoms with van der Waals surface area (Å²) in [5.74, 6) is 0. The van der Waals surface area contributed by atoms with Crippen LogP contribution in [0.15, 0.2) is 29.3 Å². The van der Waals surface area contributed by atoms with Crippen LogP contribution in [0.2, 0.25) is 0 Å². The molecule has 1 saturated carbocycles. The standard InChI is InChI=1S/C10H8INO/c11-9-3-1-8(2-4-9)10(5-6-10)12-7-13/h1-4H,5-6H2. The highest BCUT2D eigenvalue weighted by Gasteiger charge is 2.44. The van der Waals surface area contributed by atoms with Gasteiger partial charge in [-0.05, 0) is 53.1 Å². The normalized spacial score (nSPS) is 17.6. The largest absolute Gasteiger partial charge is 0.235 e. The molecule has 66 valence electrons. The second-order valence-corrected chi connectivity index (χ2v) is 4.49. The molecule has 0 aromatic heterocycles. The molecule has 1 aliphatic rings. The van der Waals surface area contributed by atoms with E-state index in [-0.39, 0.29) is 5.54 Å². The zero-order valence-corrected chi connectivity index (χ0v) is 9.11. The lowest BCUT2D eigenvalue weighted by Crippen LogP contribution is -2.01. The smallest absolute Gasteiger partial charge is 0.211 e. The van der Waals surface area contributed by atoms with Crippen molar-refractivity contribution in [2.24, 2.45) is 4.99 Å². The van der Waals surface area contributed by atoms with Gasteiger partial charge in [-0.25, -0.2) is 4.79 Å². The summed E-state index contributed by atoms with van der Waals surface area (Å²) in [6, 6.07) is 8.15. The summed E-state index contributed by atoms with van der Waals surface area (Å²) in [6.45, 7) is 0. The number of carbonyl (C=O) groups excluding carboxylic acids is 1. The SMILES string of the molecule is O=C=NC1(c2ccc(I)cc2)CC1. The Hall–Kier alpha value is -0.670. The minimum Gasteiger partial charge on any atom is -0.211 e. The van der Waals surface area contributed by atoms with Crippen molar-refractivity contribution in [3.05, 3.63) is 33.4 Å². The molecule has 0 bridgehead atoms. The summed E-state index contributed by atoms with van der Waals surface area (Å²) in [4.78, 5) is 14.1. The predicted octanol–water partition coefficient (Wildman–Crippen LogP) is 2.62. The average Bonchev–Trinajstić information content (AvgIpc) is 2.87. The molecule has 13 heavy (non-hydrogen) atoms. The first-order chi connectivity index (χ1) is 6.27. The van der Waals surface area contributed by atoms with Crippen LogP contribution in [-0.4, -0.2) is 6.08 Å². The van der Waals surface area contributed by atoms with E-state index in [2.05, 4.69) is 27.6 Å². The summed E-state index contributed by atoms with van der Waals surface area (Å²) in [6.07, 6.45) is 3.61. The van der Waals surface area contributed by atoms with Gasteiger partial charge in [-0.2, -0.15) is 4.99 Å². The van der Waals surface area contributed by atoms with Crippen LogP contribution in [0.5, 0.6) is 0 Å². The van der Waals surface area contributed by atoms with Crippen molar-refractivity contribution < 1.29 is 4.79 Å². The molecule has 0 radical (unpaired) electrons. The quantitative estimate of drug-likeness (QED) is 0.466. The average molecular weight is 285 g/mol. The molecule has 1 fully saturated rings. The number of benzene rings is 1. The number of halogens is 1. The molecule has 0 heterocycles.